The fourth-order valence-electron chi connectivity index (χ4n) is 2.55. The number of benzene rings is 1. The molecule has 0 aliphatic heterocycles. The highest BCUT2D eigenvalue weighted by Gasteiger charge is 2.19. The maximum atomic E-state index is 3.71. The number of nitrogens with one attached hydrogen (secondary N) is 1. The van der Waals surface area contributed by atoms with Crippen LogP contribution in [-0.4, -0.2) is 6.54 Å². The van der Waals surface area contributed by atoms with E-state index in [2.05, 4.69) is 73.2 Å². The van der Waals surface area contributed by atoms with Crippen LogP contribution >= 0.6 is 27.3 Å². The molecular weight excluding hydrogens is 330 g/mol. The van der Waals surface area contributed by atoms with Crippen molar-refractivity contribution in [1.29, 1.82) is 0 Å². The van der Waals surface area contributed by atoms with Crippen LogP contribution in [0, 0.1) is 20.8 Å². The summed E-state index contributed by atoms with van der Waals surface area (Å²) in [5.74, 6) is 0. The van der Waals surface area contributed by atoms with Crippen LogP contribution in [0.4, 0.5) is 0 Å². The van der Waals surface area contributed by atoms with Crippen LogP contribution in [0.15, 0.2) is 28.7 Å². The highest BCUT2D eigenvalue weighted by atomic mass is 79.9. The molecule has 0 radical (unpaired) electrons. The van der Waals surface area contributed by atoms with E-state index in [-0.39, 0.29) is 6.04 Å². The minimum absolute atomic E-state index is 0.289. The SMILES string of the molecule is CCCNC(c1cc(C)sc1C)c1cccc(Br)c1C. The molecule has 2 rings (SSSR count). The maximum Gasteiger partial charge on any atom is 0.0590 e. The van der Waals surface area contributed by atoms with Gasteiger partial charge in [-0.2, -0.15) is 0 Å². The van der Waals surface area contributed by atoms with Crippen molar-refractivity contribution >= 4 is 27.3 Å². The fraction of sp³-hybridized carbons (Fsp3) is 0.412. The number of halogens is 1. The van der Waals surface area contributed by atoms with Gasteiger partial charge in [-0.3, -0.25) is 0 Å². The Balaban J connectivity index is 2.47. The minimum atomic E-state index is 0.289. The van der Waals surface area contributed by atoms with Crippen LogP contribution in [0.3, 0.4) is 0 Å². The second-order valence-corrected chi connectivity index (χ2v) is 7.52. The third-order valence-corrected chi connectivity index (χ3v) is 5.45. The van der Waals surface area contributed by atoms with Crippen LogP contribution < -0.4 is 5.32 Å². The molecule has 0 bridgehead atoms. The quantitative estimate of drug-likeness (QED) is 0.747. The summed E-state index contributed by atoms with van der Waals surface area (Å²) in [5.41, 5.74) is 4.11. The van der Waals surface area contributed by atoms with Crippen LogP contribution in [0.2, 0.25) is 0 Å². The third-order valence-electron chi connectivity index (χ3n) is 3.61. The van der Waals surface area contributed by atoms with Gasteiger partial charge >= 0.3 is 0 Å². The molecule has 1 atom stereocenters. The molecule has 20 heavy (non-hydrogen) atoms. The van der Waals surface area contributed by atoms with Crippen LogP contribution in [-0.2, 0) is 0 Å². The van der Waals surface area contributed by atoms with Crippen molar-refractivity contribution in [2.75, 3.05) is 6.54 Å². The Labute approximate surface area is 134 Å². The van der Waals surface area contributed by atoms with Crippen molar-refractivity contribution < 1.29 is 0 Å². The zero-order valence-electron chi connectivity index (χ0n) is 12.6. The van der Waals surface area contributed by atoms with Crippen LogP contribution in [0.5, 0.6) is 0 Å². The highest BCUT2D eigenvalue weighted by molar-refractivity contribution is 9.10. The number of aryl methyl sites for hydroxylation is 2. The van der Waals surface area contributed by atoms with Gasteiger partial charge in [-0.05, 0) is 62.6 Å². The zero-order chi connectivity index (χ0) is 14.7. The van der Waals surface area contributed by atoms with Gasteiger partial charge < -0.3 is 5.32 Å². The molecular formula is C17H22BrNS. The highest BCUT2D eigenvalue weighted by Crippen LogP contribution is 2.34. The molecule has 0 aliphatic carbocycles. The topological polar surface area (TPSA) is 12.0 Å². The molecule has 0 spiro atoms. The number of hydrogen-bond donors (Lipinski definition) is 1. The predicted octanol–water partition coefficient (Wildman–Crippen LogP) is 5.52. The lowest BCUT2D eigenvalue weighted by Crippen LogP contribution is -2.24. The molecule has 108 valence electrons. The van der Waals surface area contributed by atoms with Gasteiger partial charge in [-0.1, -0.05) is 35.0 Å². The first kappa shape index (κ1) is 15.7. The van der Waals surface area contributed by atoms with Gasteiger partial charge in [0.1, 0.15) is 0 Å². The first-order valence-electron chi connectivity index (χ1n) is 7.10. The minimum Gasteiger partial charge on any atom is -0.306 e. The van der Waals surface area contributed by atoms with Crippen molar-refractivity contribution in [3.63, 3.8) is 0 Å². The lowest BCUT2D eigenvalue weighted by molar-refractivity contribution is 0.595. The summed E-state index contributed by atoms with van der Waals surface area (Å²) < 4.78 is 1.18. The summed E-state index contributed by atoms with van der Waals surface area (Å²) in [5, 5.41) is 3.71. The van der Waals surface area contributed by atoms with Crippen molar-refractivity contribution in [1.82, 2.24) is 5.32 Å². The summed E-state index contributed by atoms with van der Waals surface area (Å²) in [4.78, 5) is 2.80. The second kappa shape index (κ2) is 6.88. The molecule has 0 amide bonds. The molecule has 0 fully saturated rings. The summed E-state index contributed by atoms with van der Waals surface area (Å²) in [6, 6.07) is 9.09. The molecule has 1 nitrogen and oxygen atoms in total. The van der Waals surface area contributed by atoms with Crippen molar-refractivity contribution in [2.24, 2.45) is 0 Å². The number of hydrogen-bond acceptors (Lipinski definition) is 2. The normalized spacial score (nSPS) is 12.7. The Morgan fingerprint density at radius 2 is 1.95 bits per heavy atom. The first-order valence-corrected chi connectivity index (χ1v) is 8.70. The van der Waals surface area contributed by atoms with E-state index in [0.717, 1.165) is 13.0 Å². The Kier molecular flexibility index (Phi) is 5.42. The van der Waals surface area contributed by atoms with Gasteiger partial charge in [0.2, 0.25) is 0 Å². The number of thiophene rings is 1. The zero-order valence-corrected chi connectivity index (χ0v) is 15.0. The Morgan fingerprint density at radius 3 is 2.55 bits per heavy atom. The van der Waals surface area contributed by atoms with Gasteiger partial charge in [-0.25, -0.2) is 0 Å². The molecule has 1 unspecified atom stereocenters. The van der Waals surface area contributed by atoms with E-state index in [0.29, 0.717) is 0 Å². The number of rotatable bonds is 5. The largest absolute Gasteiger partial charge is 0.306 e. The van der Waals surface area contributed by atoms with E-state index < -0.39 is 0 Å². The van der Waals surface area contributed by atoms with E-state index in [1.54, 1.807) is 0 Å². The van der Waals surface area contributed by atoms with Crippen molar-refractivity contribution in [3.05, 3.63) is 55.2 Å². The smallest absolute Gasteiger partial charge is 0.0590 e. The van der Waals surface area contributed by atoms with Gasteiger partial charge in [0.05, 0.1) is 6.04 Å². The Bertz CT molecular complexity index is 589. The van der Waals surface area contributed by atoms with E-state index in [1.165, 1.54) is 30.9 Å². The molecule has 1 aromatic carbocycles. The van der Waals surface area contributed by atoms with E-state index in [4.69, 9.17) is 0 Å². The van der Waals surface area contributed by atoms with Gasteiger partial charge in [0, 0.05) is 14.2 Å². The molecule has 0 aliphatic rings. The average molecular weight is 352 g/mol. The van der Waals surface area contributed by atoms with E-state index in [1.807, 2.05) is 11.3 Å². The summed E-state index contributed by atoms with van der Waals surface area (Å²) in [7, 11) is 0. The fourth-order valence-corrected chi connectivity index (χ4v) is 3.90. The Morgan fingerprint density at radius 1 is 1.20 bits per heavy atom. The Hall–Kier alpha value is -0.640. The molecule has 1 heterocycles. The van der Waals surface area contributed by atoms with E-state index in [9.17, 15) is 0 Å². The molecule has 1 N–H and O–H groups in total. The maximum absolute atomic E-state index is 3.71. The monoisotopic (exact) mass is 351 g/mol. The molecule has 3 heteroatoms. The molecule has 1 aromatic heterocycles. The van der Waals surface area contributed by atoms with Crippen LogP contribution in [0.25, 0.3) is 0 Å². The first-order chi connectivity index (χ1) is 9.54. The second-order valence-electron chi connectivity index (χ2n) is 5.21. The summed E-state index contributed by atoms with van der Waals surface area (Å²) in [6.07, 6.45) is 1.14. The summed E-state index contributed by atoms with van der Waals surface area (Å²) in [6.45, 7) is 9.84. The van der Waals surface area contributed by atoms with Crippen LogP contribution in [0.1, 0.15) is 45.8 Å². The molecule has 0 saturated heterocycles. The van der Waals surface area contributed by atoms with Crippen molar-refractivity contribution in [3.8, 4) is 0 Å². The molecule has 2 aromatic rings. The van der Waals surface area contributed by atoms with Gasteiger partial charge in [0.25, 0.3) is 0 Å². The predicted molar refractivity (Wildman–Crippen MR) is 92.8 cm³/mol. The van der Waals surface area contributed by atoms with E-state index >= 15 is 0 Å². The average Bonchev–Trinajstić information content (AvgIpc) is 2.74. The lowest BCUT2D eigenvalue weighted by atomic mass is 9.95. The molecule has 0 saturated carbocycles. The van der Waals surface area contributed by atoms with Crippen molar-refractivity contribution in [2.45, 2.75) is 40.2 Å². The van der Waals surface area contributed by atoms with Gasteiger partial charge in [0.15, 0.2) is 0 Å². The standard InChI is InChI=1S/C17H22BrNS/c1-5-9-19-17(15-10-11(2)20-13(15)4)14-7-6-8-16(18)12(14)3/h6-8,10,17,19H,5,9H2,1-4H3. The summed E-state index contributed by atoms with van der Waals surface area (Å²) >= 11 is 5.54. The van der Waals surface area contributed by atoms with Gasteiger partial charge in [-0.15, -0.1) is 11.3 Å². The third kappa shape index (κ3) is 3.33. The lowest BCUT2D eigenvalue weighted by Gasteiger charge is -2.22.